The van der Waals surface area contributed by atoms with Crippen molar-refractivity contribution in [3.05, 3.63) is 29.3 Å². The van der Waals surface area contributed by atoms with Gasteiger partial charge in [-0.2, -0.15) is 0 Å². The second-order valence-electron chi connectivity index (χ2n) is 7.86. The average molecular weight is 304 g/mol. The summed E-state index contributed by atoms with van der Waals surface area (Å²) in [6, 6.07) is 6.37. The molecule has 0 radical (unpaired) electrons. The summed E-state index contributed by atoms with van der Waals surface area (Å²) >= 11 is 0. The molecule has 3 nitrogen and oxygen atoms in total. The van der Waals surface area contributed by atoms with Gasteiger partial charge >= 0.3 is 6.03 Å². The number of rotatable bonds is 3. The zero-order chi connectivity index (χ0) is 17.1. The lowest BCUT2D eigenvalue weighted by molar-refractivity contribution is 0.217. The van der Waals surface area contributed by atoms with Crippen LogP contribution in [0.1, 0.15) is 66.5 Å². The largest absolute Gasteiger partial charge is 0.325 e. The van der Waals surface area contributed by atoms with E-state index in [2.05, 4.69) is 59.0 Å². The van der Waals surface area contributed by atoms with Crippen LogP contribution in [0.25, 0.3) is 0 Å². The van der Waals surface area contributed by atoms with Crippen LogP contribution in [0.4, 0.5) is 10.5 Å². The molecule has 124 valence electrons. The third-order valence-corrected chi connectivity index (χ3v) is 3.99. The van der Waals surface area contributed by atoms with E-state index in [9.17, 15) is 4.79 Å². The summed E-state index contributed by atoms with van der Waals surface area (Å²) in [6.07, 6.45) is 0. The predicted molar refractivity (Wildman–Crippen MR) is 95.8 cm³/mol. The summed E-state index contributed by atoms with van der Waals surface area (Å²) in [4.78, 5) is 14.1. The van der Waals surface area contributed by atoms with Gasteiger partial charge in [0.05, 0.1) is 0 Å². The van der Waals surface area contributed by atoms with Crippen molar-refractivity contribution in [3.63, 3.8) is 0 Å². The van der Waals surface area contributed by atoms with Gasteiger partial charge in [0.1, 0.15) is 0 Å². The van der Waals surface area contributed by atoms with Crippen LogP contribution >= 0.6 is 0 Å². The quantitative estimate of drug-likeness (QED) is 0.822. The van der Waals surface area contributed by atoms with Gasteiger partial charge in [-0.3, -0.25) is 0 Å². The minimum atomic E-state index is -0.0287. The number of hydrogen-bond acceptors (Lipinski definition) is 1. The number of carbonyl (C=O) groups is 1. The molecular weight excluding hydrogens is 272 g/mol. The highest BCUT2D eigenvalue weighted by Crippen LogP contribution is 2.34. The Hall–Kier alpha value is -1.51. The first-order valence-electron chi connectivity index (χ1n) is 8.21. The number of hydrogen-bond donors (Lipinski definition) is 1. The Morgan fingerprint density at radius 1 is 1.00 bits per heavy atom. The molecule has 1 N–H and O–H groups in total. The van der Waals surface area contributed by atoms with Crippen LogP contribution in [0.3, 0.4) is 0 Å². The van der Waals surface area contributed by atoms with Crippen LogP contribution in [0, 0.1) is 0 Å². The van der Waals surface area contributed by atoms with E-state index in [-0.39, 0.29) is 16.9 Å². The number of amides is 2. The van der Waals surface area contributed by atoms with Crippen molar-refractivity contribution in [1.82, 2.24) is 4.90 Å². The Bertz CT molecular complexity index is 517. The minimum absolute atomic E-state index is 0.0207. The number of urea groups is 1. The van der Waals surface area contributed by atoms with Crippen LogP contribution in [0.5, 0.6) is 0 Å². The van der Waals surface area contributed by atoms with Crippen LogP contribution in [0.2, 0.25) is 0 Å². The molecule has 0 unspecified atom stereocenters. The molecule has 0 aliphatic heterocycles. The maximum Gasteiger partial charge on any atom is 0.321 e. The van der Waals surface area contributed by atoms with Gasteiger partial charge in [0, 0.05) is 18.8 Å². The lowest BCUT2D eigenvalue weighted by Gasteiger charge is -2.28. The molecule has 0 bridgehead atoms. The fourth-order valence-electron chi connectivity index (χ4n) is 2.45. The first-order chi connectivity index (χ1) is 10.0. The van der Waals surface area contributed by atoms with Gasteiger partial charge in [0.2, 0.25) is 0 Å². The molecular formula is C19H32N2O. The lowest BCUT2D eigenvalue weighted by atomic mass is 9.80. The third-order valence-electron chi connectivity index (χ3n) is 3.99. The fraction of sp³-hybridized carbons (Fsp3) is 0.632. The van der Waals surface area contributed by atoms with E-state index >= 15 is 0 Å². The molecule has 1 aromatic carbocycles. The zero-order valence-corrected chi connectivity index (χ0v) is 15.5. The van der Waals surface area contributed by atoms with Crippen LogP contribution in [-0.2, 0) is 10.8 Å². The Morgan fingerprint density at radius 3 is 1.95 bits per heavy atom. The Kier molecular flexibility index (Phi) is 5.66. The standard InChI is InChI=1S/C19H32N2O/c1-9-21(10-2)17(22)20-16-12-11-14(18(3,4)5)13-15(16)19(6,7)8/h11-13H,9-10H2,1-8H3,(H,20,22). The van der Waals surface area contributed by atoms with Crippen LogP contribution in [-0.4, -0.2) is 24.0 Å². The Labute approximate surface area is 136 Å². The molecule has 0 saturated heterocycles. The van der Waals surface area contributed by atoms with E-state index < -0.39 is 0 Å². The van der Waals surface area contributed by atoms with E-state index in [1.165, 1.54) is 11.1 Å². The highest BCUT2D eigenvalue weighted by atomic mass is 16.2. The minimum Gasteiger partial charge on any atom is -0.325 e. The maximum atomic E-state index is 12.4. The molecule has 0 atom stereocenters. The van der Waals surface area contributed by atoms with E-state index in [1.807, 2.05) is 19.9 Å². The van der Waals surface area contributed by atoms with Crippen LogP contribution < -0.4 is 5.32 Å². The molecule has 22 heavy (non-hydrogen) atoms. The van der Waals surface area contributed by atoms with Crippen molar-refractivity contribution in [2.75, 3.05) is 18.4 Å². The lowest BCUT2D eigenvalue weighted by Crippen LogP contribution is -2.35. The van der Waals surface area contributed by atoms with Crippen LogP contribution in [0.15, 0.2) is 18.2 Å². The summed E-state index contributed by atoms with van der Waals surface area (Å²) in [5, 5.41) is 3.08. The molecule has 0 aliphatic carbocycles. The summed E-state index contributed by atoms with van der Waals surface area (Å²) in [6.45, 7) is 18.6. The van der Waals surface area contributed by atoms with E-state index in [0.29, 0.717) is 13.1 Å². The second-order valence-corrected chi connectivity index (χ2v) is 7.86. The predicted octanol–water partition coefficient (Wildman–Crippen LogP) is 5.16. The van der Waals surface area contributed by atoms with Gasteiger partial charge in [-0.25, -0.2) is 4.79 Å². The summed E-state index contributed by atoms with van der Waals surface area (Å²) in [5.41, 5.74) is 3.46. The normalized spacial score (nSPS) is 12.2. The summed E-state index contributed by atoms with van der Waals surface area (Å²) in [7, 11) is 0. The molecule has 3 heteroatoms. The fourth-order valence-corrected chi connectivity index (χ4v) is 2.45. The number of nitrogens with zero attached hydrogens (tertiary/aromatic N) is 1. The smallest absolute Gasteiger partial charge is 0.321 e. The van der Waals surface area contributed by atoms with Gasteiger partial charge in [-0.1, -0.05) is 53.7 Å². The van der Waals surface area contributed by atoms with Crippen molar-refractivity contribution in [2.45, 2.75) is 66.2 Å². The van der Waals surface area contributed by atoms with Crippen molar-refractivity contribution in [3.8, 4) is 0 Å². The number of carbonyl (C=O) groups excluding carboxylic acids is 1. The van der Waals surface area contributed by atoms with E-state index in [0.717, 1.165) is 5.69 Å². The van der Waals surface area contributed by atoms with Gasteiger partial charge < -0.3 is 10.2 Å². The van der Waals surface area contributed by atoms with Crippen molar-refractivity contribution < 1.29 is 4.79 Å². The maximum absolute atomic E-state index is 12.4. The highest BCUT2D eigenvalue weighted by Gasteiger charge is 2.23. The molecule has 0 aromatic heterocycles. The van der Waals surface area contributed by atoms with Crippen molar-refractivity contribution in [2.24, 2.45) is 0 Å². The second kappa shape index (κ2) is 6.72. The monoisotopic (exact) mass is 304 g/mol. The van der Waals surface area contributed by atoms with Gasteiger partial charge in [-0.05, 0) is 41.9 Å². The third kappa shape index (κ3) is 4.49. The molecule has 0 spiro atoms. The van der Waals surface area contributed by atoms with Gasteiger partial charge in [0.15, 0.2) is 0 Å². The zero-order valence-electron chi connectivity index (χ0n) is 15.5. The van der Waals surface area contributed by atoms with Crippen molar-refractivity contribution in [1.29, 1.82) is 0 Å². The molecule has 2 amide bonds. The van der Waals surface area contributed by atoms with Gasteiger partial charge in [0.25, 0.3) is 0 Å². The Morgan fingerprint density at radius 2 is 1.55 bits per heavy atom. The molecule has 0 saturated carbocycles. The van der Waals surface area contributed by atoms with E-state index in [4.69, 9.17) is 0 Å². The highest BCUT2D eigenvalue weighted by molar-refractivity contribution is 5.90. The van der Waals surface area contributed by atoms with Gasteiger partial charge in [-0.15, -0.1) is 0 Å². The summed E-state index contributed by atoms with van der Waals surface area (Å²) < 4.78 is 0. The molecule has 0 heterocycles. The number of anilines is 1. The first kappa shape index (κ1) is 18.5. The molecule has 1 rings (SSSR count). The first-order valence-corrected chi connectivity index (χ1v) is 8.21. The molecule has 0 fully saturated rings. The topological polar surface area (TPSA) is 32.3 Å². The number of nitrogens with one attached hydrogen (secondary N) is 1. The SMILES string of the molecule is CCN(CC)C(=O)Nc1ccc(C(C)(C)C)cc1C(C)(C)C. The Balaban J connectivity index is 3.23. The molecule has 1 aromatic rings. The molecule has 0 aliphatic rings. The average Bonchev–Trinajstić information content (AvgIpc) is 2.38. The summed E-state index contributed by atoms with van der Waals surface area (Å²) in [5.74, 6) is 0. The van der Waals surface area contributed by atoms with E-state index in [1.54, 1.807) is 4.90 Å². The van der Waals surface area contributed by atoms with Crippen molar-refractivity contribution >= 4 is 11.7 Å². The number of benzene rings is 1.